The lowest BCUT2D eigenvalue weighted by Gasteiger charge is -2.43. The Kier molecular flexibility index (Phi) is 11.0. The summed E-state index contributed by atoms with van der Waals surface area (Å²) in [5.74, 6) is 0.550. The number of halogens is 1. The van der Waals surface area contributed by atoms with Gasteiger partial charge in [0.1, 0.15) is 12.2 Å². The van der Waals surface area contributed by atoms with Crippen molar-refractivity contribution in [3.63, 3.8) is 0 Å². The second kappa shape index (κ2) is 13.8. The van der Waals surface area contributed by atoms with Crippen LogP contribution in [0.3, 0.4) is 0 Å². The van der Waals surface area contributed by atoms with Crippen molar-refractivity contribution in [3.8, 4) is 11.5 Å². The van der Waals surface area contributed by atoms with Crippen molar-refractivity contribution < 1.29 is 34.4 Å². The predicted molar refractivity (Wildman–Crippen MR) is 147 cm³/mol. The van der Waals surface area contributed by atoms with E-state index in [9.17, 15) is 24.9 Å². The number of aliphatic hydroxyl groups is 3. The highest BCUT2D eigenvalue weighted by molar-refractivity contribution is 14.1. The smallest absolute Gasteiger partial charge is 0.247 e. The number of rotatable bonds is 11. The van der Waals surface area contributed by atoms with E-state index in [4.69, 9.17) is 9.47 Å². The summed E-state index contributed by atoms with van der Waals surface area (Å²) in [5.41, 5.74) is 1.05. The molecule has 206 valence electrons. The summed E-state index contributed by atoms with van der Waals surface area (Å²) < 4.78 is 12.5. The van der Waals surface area contributed by atoms with E-state index in [-0.39, 0.29) is 50.0 Å². The maximum atomic E-state index is 13.5. The molecule has 3 rings (SSSR count). The molecular weight excluding hydrogens is 591 g/mol. The molecule has 1 saturated carbocycles. The van der Waals surface area contributed by atoms with Crippen LogP contribution < -0.4 is 14.8 Å². The second-order valence-electron chi connectivity index (χ2n) is 10.1. The molecule has 3 unspecified atom stereocenters. The van der Waals surface area contributed by atoms with Crippen LogP contribution in [0.4, 0.5) is 0 Å². The summed E-state index contributed by atoms with van der Waals surface area (Å²) in [5, 5.41) is 33.1. The first-order chi connectivity index (χ1) is 17.7. The largest absolute Gasteiger partial charge is 0.493 e. The molecule has 0 bridgehead atoms. The molecule has 10 heteroatoms. The summed E-state index contributed by atoms with van der Waals surface area (Å²) in [4.78, 5) is 28.3. The number of benzene rings is 1. The van der Waals surface area contributed by atoms with Crippen LogP contribution in [-0.2, 0) is 16.2 Å². The summed E-state index contributed by atoms with van der Waals surface area (Å²) in [6, 6.07) is 2.80. The van der Waals surface area contributed by atoms with Gasteiger partial charge in [-0.15, -0.1) is 0 Å². The lowest BCUT2D eigenvalue weighted by atomic mass is 9.86. The first-order valence-electron chi connectivity index (χ1n) is 12.9. The van der Waals surface area contributed by atoms with Gasteiger partial charge in [-0.05, 0) is 65.1 Å². The highest BCUT2D eigenvalue weighted by Gasteiger charge is 2.43. The molecule has 0 radical (unpaired) electrons. The van der Waals surface area contributed by atoms with Crippen molar-refractivity contribution >= 4 is 34.4 Å². The van der Waals surface area contributed by atoms with E-state index < -0.39 is 18.2 Å². The van der Waals surface area contributed by atoms with Gasteiger partial charge < -0.3 is 35.0 Å². The van der Waals surface area contributed by atoms with E-state index in [1.54, 1.807) is 18.2 Å². The Bertz CT molecular complexity index is 978. The average molecular weight is 631 g/mol. The van der Waals surface area contributed by atoms with Crippen molar-refractivity contribution in [3.05, 3.63) is 32.9 Å². The Hall–Kier alpha value is -1.89. The maximum Gasteiger partial charge on any atom is 0.247 e. The maximum absolute atomic E-state index is 13.5. The molecule has 2 aliphatic carbocycles. The Morgan fingerprint density at radius 2 is 1.92 bits per heavy atom. The van der Waals surface area contributed by atoms with Gasteiger partial charge in [0.25, 0.3) is 0 Å². The van der Waals surface area contributed by atoms with Gasteiger partial charge in [0.05, 0.1) is 29.9 Å². The zero-order valence-corrected chi connectivity index (χ0v) is 23.9. The second-order valence-corrected chi connectivity index (χ2v) is 11.3. The number of aliphatic hydroxyl groups excluding tert-OH is 3. The molecule has 0 spiro atoms. The summed E-state index contributed by atoms with van der Waals surface area (Å²) >= 11 is 2.08. The van der Waals surface area contributed by atoms with Gasteiger partial charge in [0.2, 0.25) is 11.8 Å². The number of nitrogens with one attached hydrogen (secondary N) is 1. The fourth-order valence-corrected chi connectivity index (χ4v) is 5.95. The van der Waals surface area contributed by atoms with E-state index in [0.717, 1.165) is 25.7 Å². The SMILES string of the molecule is COc1cc(CO)cc(I)c1OC1C=C(C(=O)NCCO)CC(N(C(=O)CC(C)C)C2CCCC2)C1O. The number of carbonyl (C=O) groups excluding carboxylic acids is 2. The van der Waals surface area contributed by atoms with Gasteiger partial charge in [-0.1, -0.05) is 26.7 Å². The molecule has 2 aliphatic rings. The molecule has 0 aliphatic heterocycles. The molecule has 1 fully saturated rings. The summed E-state index contributed by atoms with van der Waals surface area (Å²) in [7, 11) is 1.50. The molecule has 0 aromatic heterocycles. The van der Waals surface area contributed by atoms with Crippen molar-refractivity contribution in [2.75, 3.05) is 20.3 Å². The average Bonchev–Trinajstić information content (AvgIpc) is 3.39. The van der Waals surface area contributed by atoms with Crippen molar-refractivity contribution in [2.24, 2.45) is 5.92 Å². The molecule has 2 amide bonds. The van der Waals surface area contributed by atoms with Crippen LogP contribution in [-0.4, -0.2) is 76.6 Å². The first-order valence-corrected chi connectivity index (χ1v) is 14.0. The van der Waals surface area contributed by atoms with Gasteiger partial charge in [-0.2, -0.15) is 0 Å². The number of carbonyl (C=O) groups is 2. The fourth-order valence-electron chi connectivity index (χ4n) is 5.16. The van der Waals surface area contributed by atoms with Crippen molar-refractivity contribution in [2.45, 2.75) is 83.3 Å². The predicted octanol–water partition coefficient (Wildman–Crippen LogP) is 2.52. The zero-order valence-electron chi connectivity index (χ0n) is 21.8. The number of hydrogen-bond donors (Lipinski definition) is 4. The monoisotopic (exact) mass is 630 g/mol. The van der Waals surface area contributed by atoms with Gasteiger partial charge in [-0.3, -0.25) is 9.59 Å². The number of hydrogen-bond acceptors (Lipinski definition) is 7. The van der Waals surface area contributed by atoms with E-state index >= 15 is 0 Å². The van der Waals surface area contributed by atoms with Gasteiger partial charge >= 0.3 is 0 Å². The number of amides is 2. The third-order valence-corrected chi connectivity index (χ3v) is 7.69. The van der Waals surface area contributed by atoms with E-state index in [1.807, 2.05) is 18.7 Å². The molecule has 1 aromatic rings. The van der Waals surface area contributed by atoms with Crippen molar-refractivity contribution in [1.29, 1.82) is 0 Å². The molecule has 0 saturated heterocycles. The molecule has 9 nitrogen and oxygen atoms in total. The molecule has 3 atom stereocenters. The van der Waals surface area contributed by atoms with Crippen molar-refractivity contribution in [1.82, 2.24) is 10.2 Å². The van der Waals surface area contributed by atoms with Crippen LogP contribution in [0, 0.1) is 9.49 Å². The normalized spacial score (nSPS) is 22.1. The highest BCUT2D eigenvalue weighted by atomic mass is 127. The molecular formula is C27H39IN2O7. The van der Waals surface area contributed by atoms with E-state index in [2.05, 4.69) is 27.9 Å². The minimum Gasteiger partial charge on any atom is -0.493 e. The topological polar surface area (TPSA) is 129 Å². The lowest BCUT2D eigenvalue weighted by Crippen LogP contribution is -2.57. The van der Waals surface area contributed by atoms with E-state index in [0.29, 0.717) is 32.6 Å². The van der Waals surface area contributed by atoms with E-state index in [1.165, 1.54) is 7.11 Å². The Morgan fingerprint density at radius 3 is 2.51 bits per heavy atom. The van der Waals surface area contributed by atoms with Gasteiger partial charge in [-0.25, -0.2) is 0 Å². The molecule has 1 aromatic carbocycles. The lowest BCUT2D eigenvalue weighted by molar-refractivity contribution is -0.142. The minimum absolute atomic E-state index is 0.00455. The van der Waals surface area contributed by atoms with Crippen LogP contribution in [0.5, 0.6) is 11.5 Å². The Labute approximate surface area is 232 Å². The van der Waals surface area contributed by atoms with Crippen LogP contribution in [0.25, 0.3) is 0 Å². The van der Waals surface area contributed by atoms with Crippen LogP contribution >= 0.6 is 22.6 Å². The minimum atomic E-state index is -1.08. The first kappa shape index (κ1) is 29.7. The van der Waals surface area contributed by atoms with Crippen LogP contribution in [0.2, 0.25) is 0 Å². The summed E-state index contributed by atoms with van der Waals surface area (Å²) in [6.07, 6.45) is 3.91. The quantitative estimate of drug-likeness (QED) is 0.277. The van der Waals surface area contributed by atoms with Crippen LogP contribution in [0.15, 0.2) is 23.8 Å². The number of nitrogens with zero attached hydrogens (tertiary/aromatic N) is 1. The molecule has 0 heterocycles. The Balaban J connectivity index is 2.01. The fraction of sp³-hybridized carbons (Fsp3) is 0.630. The third kappa shape index (κ3) is 7.36. The van der Waals surface area contributed by atoms with Crippen LogP contribution in [0.1, 0.15) is 57.9 Å². The number of ether oxygens (including phenoxy) is 2. The Morgan fingerprint density at radius 1 is 1.22 bits per heavy atom. The number of methoxy groups -OCH3 is 1. The third-order valence-electron chi connectivity index (χ3n) is 6.89. The molecule has 4 N–H and O–H groups in total. The van der Waals surface area contributed by atoms with Gasteiger partial charge in [0.15, 0.2) is 11.5 Å². The highest BCUT2D eigenvalue weighted by Crippen LogP contribution is 2.38. The zero-order chi connectivity index (χ0) is 27.1. The van der Waals surface area contributed by atoms with Gasteiger partial charge in [0, 0.05) is 31.0 Å². The summed E-state index contributed by atoms with van der Waals surface area (Å²) in [6.45, 7) is 3.72. The molecule has 37 heavy (non-hydrogen) atoms. The standard InChI is InChI=1S/C27H39IN2O7/c1-16(2)10-24(33)30(19-6-4-5-7-19)21-13-18(27(35)29-8-9-31)14-22(25(21)34)37-26-20(28)11-17(15-32)12-23(26)36-3/h11-12,14,16,19,21-22,25,31-32,34H,4-10,13,15H2,1-3H3,(H,29,35).